The van der Waals surface area contributed by atoms with Crippen molar-refractivity contribution >= 4 is 29.2 Å². The van der Waals surface area contributed by atoms with Crippen LogP contribution in [0.1, 0.15) is 60.1 Å². The first-order valence-corrected chi connectivity index (χ1v) is 14.3. The molecule has 0 spiro atoms. The first kappa shape index (κ1) is 27.6. The Morgan fingerprint density at radius 2 is 1.95 bits per heavy atom. The molecular weight excluding hydrogens is 538 g/mol. The van der Waals surface area contributed by atoms with Crippen molar-refractivity contribution in [3.05, 3.63) is 74.3 Å². The van der Waals surface area contributed by atoms with E-state index in [1.54, 1.807) is 39.7 Å². The SMILES string of the molecule is CCCn1c2c(c(=O)n(C3CC3)c1=O)CC(c1ccc(N(CC3CC(=O)N(C)C3)C(=O)c3cncc(OC)c3)nc1)=N2. The van der Waals surface area contributed by atoms with E-state index in [2.05, 4.69) is 9.97 Å². The van der Waals surface area contributed by atoms with Gasteiger partial charge in [0.1, 0.15) is 17.4 Å². The Morgan fingerprint density at radius 1 is 1.14 bits per heavy atom. The molecule has 12 heteroatoms. The number of anilines is 1. The number of hydrogen-bond acceptors (Lipinski definition) is 8. The molecule has 6 rings (SSSR count). The number of methoxy groups -OCH3 is 1. The highest BCUT2D eigenvalue weighted by Gasteiger charge is 2.34. The number of fused-ring (bicyclic) bond motifs is 1. The van der Waals surface area contributed by atoms with Gasteiger partial charge in [0.15, 0.2) is 0 Å². The number of amides is 2. The summed E-state index contributed by atoms with van der Waals surface area (Å²) < 4.78 is 8.27. The highest BCUT2D eigenvalue weighted by atomic mass is 16.5. The van der Waals surface area contributed by atoms with E-state index in [4.69, 9.17) is 9.73 Å². The van der Waals surface area contributed by atoms with Crippen molar-refractivity contribution in [1.82, 2.24) is 24.0 Å². The van der Waals surface area contributed by atoms with Crippen molar-refractivity contribution in [2.24, 2.45) is 10.9 Å². The van der Waals surface area contributed by atoms with Gasteiger partial charge in [-0.05, 0) is 37.5 Å². The zero-order chi connectivity index (χ0) is 29.5. The van der Waals surface area contributed by atoms with Gasteiger partial charge in [-0.1, -0.05) is 6.92 Å². The van der Waals surface area contributed by atoms with Crippen LogP contribution in [0.2, 0.25) is 0 Å². The summed E-state index contributed by atoms with van der Waals surface area (Å²) in [6, 6.07) is 5.16. The van der Waals surface area contributed by atoms with Gasteiger partial charge >= 0.3 is 5.69 Å². The van der Waals surface area contributed by atoms with E-state index in [1.165, 1.54) is 24.1 Å². The van der Waals surface area contributed by atoms with Gasteiger partial charge in [-0.3, -0.25) is 33.4 Å². The Labute approximate surface area is 242 Å². The average Bonchev–Trinajstić information content (AvgIpc) is 3.64. The third kappa shape index (κ3) is 5.01. The van der Waals surface area contributed by atoms with Crippen LogP contribution in [0, 0.1) is 5.92 Å². The molecule has 42 heavy (non-hydrogen) atoms. The highest BCUT2D eigenvalue weighted by Crippen LogP contribution is 2.34. The van der Waals surface area contributed by atoms with E-state index in [0.29, 0.717) is 72.3 Å². The minimum Gasteiger partial charge on any atom is -0.495 e. The molecule has 0 bridgehead atoms. The molecule has 12 nitrogen and oxygen atoms in total. The molecule has 3 aromatic rings. The van der Waals surface area contributed by atoms with E-state index >= 15 is 0 Å². The highest BCUT2D eigenvalue weighted by molar-refractivity contribution is 6.07. The summed E-state index contributed by atoms with van der Waals surface area (Å²) in [7, 11) is 3.27. The lowest BCUT2D eigenvalue weighted by Crippen LogP contribution is -2.40. The van der Waals surface area contributed by atoms with E-state index < -0.39 is 0 Å². The first-order chi connectivity index (χ1) is 20.3. The molecule has 0 aromatic carbocycles. The van der Waals surface area contributed by atoms with Gasteiger partial charge in [-0.15, -0.1) is 0 Å². The van der Waals surface area contributed by atoms with Crippen LogP contribution < -0.4 is 20.9 Å². The topological polar surface area (TPSA) is 132 Å². The summed E-state index contributed by atoms with van der Waals surface area (Å²) in [5, 5.41) is 0. The van der Waals surface area contributed by atoms with Gasteiger partial charge in [-0.2, -0.15) is 0 Å². The molecule has 1 aliphatic carbocycles. The second kappa shape index (κ2) is 11.0. The van der Waals surface area contributed by atoms with Crippen molar-refractivity contribution < 1.29 is 14.3 Å². The van der Waals surface area contributed by atoms with Crippen LogP contribution in [0.15, 0.2) is 51.4 Å². The Balaban J connectivity index is 1.31. The molecule has 2 fully saturated rings. The Hall–Kier alpha value is -4.61. The normalized spacial score (nSPS) is 17.8. The zero-order valence-corrected chi connectivity index (χ0v) is 23.9. The van der Waals surface area contributed by atoms with E-state index in [-0.39, 0.29) is 35.0 Å². The number of carbonyl (C=O) groups is 2. The molecule has 2 amide bonds. The number of likely N-dealkylation sites (tertiary alicyclic amines) is 1. The number of rotatable bonds is 9. The third-order valence-electron chi connectivity index (χ3n) is 8.04. The van der Waals surface area contributed by atoms with Crippen LogP contribution in [-0.2, 0) is 17.8 Å². The maximum Gasteiger partial charge on any atom is 0.332 e. The van der Waals surface area contributed by atoms with E-state index in [0.717, 1.165) is 19.3 Å². The van der Waals surface area contributed by atoms with Crippen LogP contribution in [0.5, 0.6) is 5.75 Å². The van der Waals surface area contributed by atoms with Crippen molar-refractivity contribution in [2.45, 2.75) is 51.6 Å². The number of carbonyl (C=O) groups excluding carboxylic acids is 2. The predicted octanol–water partition coefficient (Wildman–Crippen LogP) is 2.36. The van der Waals surface area contributed by atoms with Crippen molar-refractivity contribution in [2.75, 3.05) is 32.1 Å². The molecule has 218 valence electrons. The monoisotopic (exact) mass is 571 g/mol. The van der Waals surface area contributed by atoms with E-state index in [9.17, 15) is 19.2 Å². The molecule has 2 aliphatic heterocycles. The minimum absolute atomic E-state index is 0.0262. The summed E-state index contributed by atoms with van der Waals surface area (Å²) in [4.78, 5) is 69.1. The Bertz CT molecular complexity index is 1700. The quantitative estimate of drug-likeness (QED) is 0.385. The van der Waals surface area contributed by atoms with Crippen LogP contribution >= 0.6 is 0 Å². The zero-order valence-electron chi connectivity index (χ0n) is 23.9. The lowest BCUT2D eigenvalue weighted by molar-refractivity contribution is -0.126. The maximum absolute atomic E-state index is 13.7. The van der Waals surface area contributed by atoms with Crippen LogP contribution in [0.4, 0.5) is 11.6 Å². The fourth-order valence-corrected chi connectivity index (χ4v) is 5.71. The number of pyridine rings is 2. The summed E-state index contributed by atoms with van der Waals surface area (Å²) in [5.41, 5.74) is 1.68. The predicted molar refractivity (Wildman–Crippen MR) is 156 cm³/mol. The van der Waals surface area contributed by atoms with Crippen LogP contribution in [0.3, 0.4) is 0 Å². The van der Waals surface area contributed by atoms with Crippen molar-refractivity contribution in [1.29, 1.82) is 0 Å². The number of nitrogens with zero attached hydrogens (tertiary/aromatic N) is 7. The molecule has 1 saturated heterocycles. The second-order valence-corrected chi connectivity index (χ2v) is 11.2. The van der Waals surface area contributed by atoms with E-state index in [1.807, 2.05) is 13.0 Å². The van der Waals surface area contributed by atoms with Crippen molar-refractivity contribution in [3.63, 3.8) is 0 Å². The largest absolute Gasteiger partial charge is 0.495 e. The fraction of sp³-hybridized carbons (Fsp3) is 0.433. The summed E-state index contributed by atoms with van der Waals surface area (Å²) in [6.45, 7) is 3.32. The summed E-state index contributed by atoms with van der Waals surface area (Å²) in [5.74, 6) is 0.993. The van der Waals surface area contributed by atoms with Gasteiger partial charge in [0.25, 0.3) is 11.5 Å². The van der Waals surface area contributed by atoms with Gasteiger partial charge in [0.2, 0.25) is 5.91 Å². The molecule has 1 atom stereocenters. The van der Waals surface area contributed by atoms with Gasteiger partial charge < -0.3 is 9.64 Å². The fourth-order valence-electron chi connectivity index (χ4n) is 5.71. The maximum atomic E-state index is 13.7. The minimum atomic E-state index is -0.307. The summed E-state index contributed by atoms with van der Waals surface area (Å²) in [6.07, 6.45) is 7.72. The van der Waals surface area contributed by atoms with Gasteiger partial charge in [-0.25, -0.2) is 14.8 Å². The van der Waals surface area contributed by atoms with Gasteiger partial charge in [0, 0.05) is 69.4 Å². The van der Waals surface area contributed by atoms with Crippen molar-refractivity contribution in [3.8, 4) is 5.75 Å². The smallest absolute Gasteiger partial charge is 0.332 e. The molecular formula is C30H33N7O5. The number of hydrogen-bond donors (Lipinski definition) is 0. The molecule has 5 heterocycles. The molecule has 1 saturated carbocycles. The summed E-state index contributed by atoms with van der Waals surface area (Å²) >= 11 is 0. The second-order valence-electron chi connectivity index (χ2n) is 11.2. The molecule has 3 aliphatic rings. The third-order valence-corrected chi connectivity index (χ3v) is 8.04. The van der Waals surface area contributed by atoms with Gasteiger partial charge in [0.05, 0.1) is 30.1 Å². The van der Waals surface area contributed by atoms with Crippen LogP contribution in [0.25, 0.3) is 0 Å². The molecule has 3 aromatic heterocycles. The Morgan fingerprint density at radius 3 is 2.60 bits per heavy atom. The Kier molecular flexibility index (Phi) is 7.21. The van der Waals surface area contributed by atoms with Crippen LogP contribution in [-0.4, -0.2) is 68.8 Å². The number of aromatic nitrogens is 4. The lowest BCUT2D eigenvalue weighted by Gasteiger charge is -2.25. The molecule has 0 N–H and O–H groups in total. The molecule has 0 radical (unpaired) electrons. The standard InChI is InChI=1S/C30H33N7O5/c1-4-9-35-27-23(29(40)37(30(35)41)21-6-7-21)12-24(33-27)19-5-8-25(32-14-19)36(17-18-10-26(38)34(2)16-18)28(39)20-11-22(42-3)15-31-13-20/h5,8,11,13-15,18,21H,4,6-7,9-10,12,16-17H2,1-3H3. The lowest BCUT2D eigenvalue weighted by atomic mass is 10.1. The average molecular weight is 572 g/mol. The number of ether oxygens (including phenoxy) is 1. The number of aliphatic imine (C=N–C) groups is 1. The molecule has 1 unspecified atom stereocenters. The first-order valence-electron chi connectivity index (χ1n) is 14.3.